The van der Waals surface area contributed by atoms with Crippen LogP contribution >= 0.6 is 11.3 Å². The summed E-state index contributed by atoms with van der Waals surface area (Å²) in [7, 11) is 0. The largest absolute Gasteiger partial charge is 0.381 e. The Morgan fingerprint density at radius 1 is 1.20 bits per heavy atom. The number of rotatable bonds is 9. The van der Waals surface area contributed by atoms with E-state index in [9.17, 15) is 4.79 Å². The fourth-order valence-corrected chi connectivity index (χ4v) is 4.88. The number of benzene rings is 1. The number of carbonyl (C=O) groups is 1. The van der Waals surface area contributed by atoms with E-state index in [0.29, 0.717) is 37.6 Å². The maximum atomic E-state index is 12.9. The highest BCUT2D eigenvalue weighted by molar-refractivity contribution is 7.18. The van der Waals surface area contributed by atoms with Crippen LogP contribution in [0, 0.1) is 5.92 Å². The van der Waals surface area contributed by atoms with E-state index in [4.69, 9.17) is 9.26 Å². The van der Waals surface area contributed by atoms with Gasteiger partial charge in [0.1, 0.15) is 6.04 Å². The highest BCUT2D eigenvalue weighted by atomic mass is 32.1. The Labute approximate surface area is 179 Å². The smallest absolute Gasteiger partial charge is 0.249 e. The first-order chi connectivity index (χ1) is 14.8. The lowest BCUT2D eigenvalue weighted by atomic mass is 10.2. The van der Waals surface area contributed by atoms with Crippen LogP contribution in [0.25, 0.3) is 10.2 Å². The molecule has 5 rings (SSSR count). The van der Waals surface area contributed by atoms with Crippen molar-refractivity contribution in [3.8, 4) is 0 Å². The van der Waals surface area contributed by atoms with Crippen LogP contribution in [0.5, 0.6) is 0 Å². The Hall–Kier alpha value is -2.32. The molecule has 30 heavy (non-hydrogen) atoms. The van der Waals surface area contributed by atoms with Crippen LogP contribution in [-0.2, 0) is 22.4 Å². The number of aryl methyl sites for hydroxylation is 1. The summed E-state index contributed by atoms with van der Waals surface area (Å²) in [5.74, 6) is 2.10. The minimum Gasteiger partial charge on any atom is -0.381 e. The lowest BCUT2D eigenvalue weighted by Gasteiger charge is -2.21. The average Bonchev–Trinajstić information content (AvgIpc) is 3.15. The van der Waals surface area contributed by atoms with Gasteiger partial charge in [-0.05, 0) is 43.7 Å². The molecule has 0 spiro atoms. The average molecular weight is 427 g/mol. The fourth-order valence-electron chi connectivity index (χ4n) is 3.91. The van der Waals surface area contributed by atoms with Gasteiger partial charge in [-0.3, -0.25) is 4.79 Å². The third-order valence-corrected chi connectivity index (χ3v) is 6.85. The highest BCUT2D eigenvalue weighted by Gasteiger charge is 2.33. The molecule has 0 radical (unpaired) electrons. The number of aromatic nitrogens is 3. The molecular formula is C22H26N4O3S. The van der Waals surface area contributed by atoms with E-state index in [1.165, 1.54) is 17.5 Å². The van der Waals surface area contributed by atoms with Crippen molar-refractivity contribution in [1.29, 1.82) is 0 Å². The number of thiazole rings is 1. The van der Waals surface area contributed by atoms with Crippen LogP contribution in [0.15, 0.2) is 28.8 Å². The molecule has 1 aliphatic carbocycles. The zero-order chi connectivity index (χ0) is 20.3. The summed E-state index contributed by atoms with van der Waals surface area (Å²) in [6.45, 7) is 2.20. The van der Waals surface area contributed by atoms with E-state index < -0.39 is 0 Å². The van der Waals surface area contributed by atoms with Gasteiger partial charge in [0.05, 0.1) is 21.8 Å². The summed E-state index contributed by atoms with van der Waals surface area (Å²) in [5, 5.41) is 5.10. The van der Waals surface area contributed by atoms with Crippen LogP contribution < -0.4 is 0 Å². The van der Waals surface area contributed by atoms with Gasteiger partial charge >= 0.3 is 0 Å². The molecule has 1 amide bonds. The number of likely N-dealkylation sites (tertiary alicyclic amines) is 1. The molecule has 1 saturated heterocycles. The second-order valence-corrected chi connectivity index (χ2v) is 9.25. The summed E-state index contributed by atoms with van der Waals surface area (Å²) in [6.07, 6.45) is 6.16. The number of ether oxygens (including phenoxy) is 1. The maximum absolute atomic E-state index is 12.9. The van der Waals surface area contributed by atoms with Crippen molar-refractivity contribution in [3.63, 3.8) is 0 Å². The molecule has 1 aliphatic heterocycles. The quantitative estimate of drug-likeness (QED) is 0.482. The van der Waals surface area contributed by atoms with Crippen LogP contribution in [-0.4, -0.2) is 45.7 Å². The summed E-state index contributed by atoms with van der Waals surface area (Å²) in [6, 6.07) is 7.98. The molecule has 2 aliphatic rings. The van der Waals surface area contributed by atoms with Gasteiger partial charge in [-0.25, -0.2) is 4.98 Å². The van der Waals surface area contributed by atoms with E-state index in [2.05, 4.69) is 21.2 Å². The van der Waals surface area contributed by atoms with Gasteiger partial charge in [0.25, 0.3) is 0 Å². The zero-order valence-electron chi connectivity index (χ0n) is 17.0. The standard InChI is InChI=1S/C22H26N4O3S/c27-21(10-9-20-23-16-4-1-2-6-18(16)30-20)26-12-3-5-17(26)22-24-19(25-29-22)11-13-28-14-15-7-8-15/h1-2,4,6,15,17H,3,5,7-14H2. The Balaban J connectivity index is 1.15. The molecule has 7 nitrogen and oxygen atoms in total. The zero-order valence-corrected chi connectivity index (χ0v) is 17.8. The molecule has 0 N–H and O–H groups in total. The first kappa shape index (κ1) is 19.6. The topological polar surface area (TPSA) is 81.4 Å². The van der Waals surface area contributed by atoms with Crippen LogP contribution in [0.1, 0.15) is 54.9 Å². The molecule has 1 atom stereocenters. The third-order valence-electron chi connectivity index (χ3n) is 5.75. The number of nitrogens with zero attached hydrogens (tertiary/aromatic N) is 4. The van der Waals surface area contributed by atoms with Gasteiger partial charge in [-0.1, -0.05) is 17.3 Å². The van der Waals surface area contributed by atoms with Gasteiger partial charge in [0.2, 0.25) is 11.8 Å². The van der Waals surface area contributed by atoms with Crippen molar-refractivity contribution in [2.24, 2.45) is 5.92 Å². The fraction of sp³-hybridized carbons (Fsp3) is 0.545. The molecule has 1 aromatic carbocycles. The second-order valence-electron chi connectivity index (χ2n) is 8.14. The normalized spacial score (nSPS) is 19.1. The van der Waals surface area contributed by atoms with E-state index in [-0.39, 0.29) is 11.9 Å². The highest BCUT2D eigenvalue weighted by Crippen LogP contribution is 2.32. The van der Waals surface area contributed by atoms with Gasteiger partial charge in [0.15, 0.2) is 5.82 Å². The van der Waals surface area contributed by atoms with Crippen LogP contribution in [0.3, 0.4) is 0 Å². The summed E-state index contributed by atoms with van der Waals surface area (Å²) in [4.78, 5) is 24.0. The lowest BCUT2D eigenvalue weighted by molar-refractivity contribution is -0.132. The van der Waals surface area contributed by atoms with E-state index in [0.717, 1.165) is 42.4 Å². The number of hydrogen-bond donors (Lipinski definition) is 0. The number of fused-ring (bicyclic) bond motifs is 1. The van der Waals surface area contributed by atoms with Crippen molar-refractivity contribution in [1.82, 2.24) is 20.0 Å². The predicted octanol–water partition coefficient (Wildman–Crippen LogP) is 3.94. The molecular weight excluding hydrogens is 400 g/mol. The molecule has 2 aromatic heterocycles. The van der Waals surface area contributed by atoms with Gasteiger partial charge < -0.3 is 14.2 Å². The molecule has 2 fully saturated rings. The number of para-hydroxylation sites is 1. The van der Waals surface area contributed by atoms with Crippen LogP contribution in [0.2, 0.25) is 0 Å². The summed E-state index contributed by atoms with van der Waals surface area (Å²) in [5.41, 5.74) is 1.00. The lowest BCUT2D eigenvalue weighted by Crippen LogP contribution is -2.30. The first-order valence-electron chi connectivity index (χ1n) is 10.8. The molecule has 1 saturated carbocycles. The Morgan fingerprint density at radius 3 is 2.97 bits per heavy atom. The monoisotopic (exact) mass is 426 g/mol. The molecule has 3 heterocycles. The Morgan fingerprint density at radius 2 is 2.10 bits per heavy atom. The number of hydrogen-bond acceptors (Lipinski definition) is 7. The van der Waals surface area contributed by atoms with Crippen molar-refractivity contribution < 1.29 is 14.1 Å². The molecule has 0 bridgehead atoms. The minimum absolute atomic E-state index is 0.110. The third kappa shape index (κ3) is 4.54. The maximum Gasteiger partial charge on any atom is 0.249 e. The van der Waals surface area contributed by atoms with Crippen LogP contribution in [0.4, 0.5) is 0 Å². The van der Waals surface area contributed by atoms with Gasteiger partial charge in [-0.15, -0.1) is 11.3 Å². The van der Waals surface area contributed by atoms with Crippen molar-refractivity contribution in [2.45, 2.75) is 51.0 Å². The van der Waals surface area contributed by atoms with Gasteiger partial charge in [0, 0.05) is 32.4 Å². The van der Waals surface area contributed by atoms with Crippen molar-refractivity contribution >= 4 is 27.5 Å². The molecule has 1 unspecified atom stereocenters. The number of carbonyl (C=O) groups excluding carboxylic acids is 1. The van der Waals surface area contributed by atoms with E-state index in [1.807, 2.05) is 23.1 Å². The molecule has 3 aromatic rings. The number of amides is 1. The summed E-state index contributed by atoms with van der Waals surface area (Å²) < 4.78 is 12.3. The first-order valence-corrected chi connectivity index (χ1v) is 11.6. The van der Waals surface area contributed by atoms with Crippen molar-refractivity contribution in [2.75, 3.05) is 19.8 Å². The molecule has 158 valence electrons. The predicted molar refractivity (Wildman–Crippen MR) is 113 cm³/mol. The Kier molecular flexibility index (Phi) is 5.77. The van der Waals surface area contributed by atoms with E-state index >= 15 is 0 Å². The SMILES string of the molecule is O=C(CCc1nc2ccccc2s1)N1CCCC1c1nc(CCOCC2CC2)no1. The van der Waals surface area contributed by atoms with E-state index in [1.54, 1.807) is 11.3 Å². The van der Waals surface area contributed by atoms with Gasteiger partial charge in [-0.2, -0.15) is 4.98 Å². The molecule has 8 heteroatoms. The second kappa shape index (κ2) is 8.81. The Bertz CT molecular complexity index is 980. The van der Waals surface area contributed by atoms with Crippen molar-refractivity contribution in [3.05, 3.63) is 41.0 Å². The minimum atomic E-state index is -0.110. The summed E-state index contributed by atoms with van der Waals surface area (Å²) >= 11 is 1.66.